The summed E-state index contributed by atoms with van der Waals surface area (Å²) < 4.78 is 0. The van der Waals surface area contributed by atoms with Crippen LogP contribution >= 0.6 is 0 Å². The minimum absolute atomic E-state index is 0.106. The maximum atomic E-state index is 4.39. The van der Waals surface area contributed by atoms with Crippen LogP contribution in [0, 0.1) is 17.3 Å². The minimum atomic E-state index is -0.119. The van der Waals surface area contributed by atoms with Gasteiger partial charge in [0.15, 0.2) is 11.6 Å². The molecule has 0 saturated heterocycles. The van der Waals surface area contributed by atoms with Crippen molar-refractivity contribution in [3.63, 3.8) is 0 Å². The van der Waals surface area contributed by atoms with Crippen molar-refractivity contribution in [2.45, 2.75) is 105 Å². The van der Waals surface area contributed by atoms with Gasteiger partial charge in [-0.3, -0.25) is 0 Å². The number of allylic oxidation sites excluding steroid dienone is 1. The van der Waals surface area contributed by atoms with Crippen molar-refractivity contribution < 1.29 is 0 Å². The second-order valence-corrected chi connectivity index (χ2v) is 11.0. The van der Waals surface area contributed by atoms with Crippen LogP contribution in [0.1, 0.15) is 106 Å². The zero-order valence-electron chi connectivity index (χ0n) is 19.3. The average molecular weight is 375 g/mol. The molecular weight excluding hydrogens is 332 g/mol. The van der Waals surface area contributed by atoms with Crippen LogP contribution in [0.2, 0.25) is 0 Å². The highest BCUT2D eigenvalue weighted by Gasteiger charge is 2.29. The van der Waals surface area contributed by atoms with Gasteiger partial charge in [0.25, 0.3) is 0 Å². The van der Waals surface area contributed by atoms with Gasteiger partial charge in [0.2, 0.25) is 0 Å². The number of hydrogen-bond donors (Lipinski definition) is 0. The molecule has 0 aliphatic carbocycles. The van der Waals surface area contributed by atoms with Crippen LogP contribution in [0.3, 0.4) is 0 Å². The Morgan fingerprint density at radius 2 is 1.30 bits per heavy atom. The number of hydrogen-bond acceptors (Lipinski definition) is 4. The van der Waals surface area contributed by atoms with Gasteiger partial charge in [-0.25, -0.2) is 0 Å². The Hall–Kier alpha value is -1.32. The second-order valence-electron chi connectivity index (χ2n) is 11.0. The maximum absolute atomic E-state index is 4.39. The van der Waals surface area contributed by atoms with Gasteiger partial charge in [-0.05, 0) is 30.1 Å². The molecule has 0 aliphatic rings. The lowest BCUT2D eigenvalue weighted by molar-refractivity contribution is 0.266. The molecule has 2 atom stereocenters. The minimum Gasteiger partial charge on any atom is -0.131 e. The zero-order chi connectivity index (χ0) is 20.9. The van der Waals surface area contributed by atoms with E-state index in [1.165, 1.54) is 25.7 Å². The van der Waals surface area contributed by atoms with E-state index in [0.29, 0.717) is 23.1 Å². The largest absolute Gasteiger partial charge is 0.179 e. The molecule has 1 heterocycles. The Morgan fingerprint density at radius 3 is 1.74 bits per heavy atom. The van der Waals surface area contributed by atoms with E-state index >= 15 is 0 Å². The molecule has 1 rings (SSSR count). The van der Waals surface area contributed by atoms with Crippen molar-refractivity contribution in [3.05, 3.63) is 24.3 Å². The number of nitrogens with zero attached hydrogens (tertiary/aromatic N) is 4. The van der Waals surface area contributed by atoms with Crippen LogP contribution in [0.15, 0.2) is 12.7 Å². The van der Waals surface area contributed by atoms with Gasteiger partial charge >= 0.3 is 0 Å². The molecule has 1 aromatic heterocycles. The highest BCUT2D eigenvalue weighted by atomic mass is 15.3. The monoisotopic (exact) mass is 374 g/mol. The Labute approximate surface area is 167 Å². The van der Waals surface area contributed by atoms with Gasteiger partial charge in [-0.15, -0.1) is 27.0 Å². The standard InChI is InChI=1S/C23H42N4/c1-11-18(21(3,4)5)15-13-12-14-17(2)16-23(9,10)20-26-24-19(25-27-20)22(6,7)8/h11,17-18H,1,12-16H2,2-10H3. The summed E-state index contributed by atoms with van der Waals surface area (Å²) in [4.78, 5) is 0. The Balaban J connectivity index is 2.53. The first-order valence-corrected chi connectivity index (χ1v) is 10.5. The van der Waals surface area contributed by atoms with E-state index in [9.17, 15) is 0 Å². The van der Waals surface area contributed by atoms with Gasteiger partial charge in [0.1, 0.15) is 0 Å². The molecule has 27 heavy (non-hydrogen) atoms. The van der Waals surface area contributed by atoms with Crippen LogP contribution in [0.5, 0.6) is 0 Å². The molecule has 0 saturated carbocycles. The van der Waals surface area contributed by atoms with E-state index < -0.39 is 0 Å². The van der Waals surface area contributed by atoms with Crippen molar-refractivity contribution in [2.24, 2.45) is 17.3 Å². The van der Waals surface area contributed by atoms with Crippen LogP contribution in [-0.2, 0) is 10.8 Å². The van der Waals surface area contributed by atoms with E-state index in [0.717, 1.165) is 12.2 Å². The molecule has 0 aliphatic heterocycles. The molecule has 0 fully saturated rings. The predicted octanol–water partition coefficient (Wildman–Crippen LogP) is 6.28. The van der Waals surface area contributed by atoms with Crippen LogP contribution < -0.4 is 0 Å². The quantitative estimate of drug-likeness (QED) is 0.377. The summed E-state index contributed by atoms with van der Waals surface area (Å²) in [5, 5.41) is 17.4. The summed E-state index contributed by atoms with van der Waals surface area (Å²) in [6, 6.07) is 0. The van der Waals surface area contributed by atoms with Gasteiger partial charge in [-0.2, -0.15) is 0 Å². The summed E-state index contributed by atoms with van der Waals surface area (Å²) >= 11 is 0. The van der Waals surface area contributed by atoms with E-state index in [4.69, 9.17) is 0 Å². The SMILES string of the molecule is C=CC(CCCCC(C)CC(C)(C)c1nnc(C(C)(C)C)nn1)C(C)(C)C. The van der Waals surface area contributed by atoms with Gasteiger partial charge < -0.3 is 0 Å². The Kier molecular flexibility index (Phi) is 8.13. The lowest BCUT2D eigenvalue weighted by Gasteiger charge is -2.28. The molecule has 0 radical (unpaired) electrons. The fraction of sp³-hybridized carbons (Fsp3) is 0.826. The van der Waals surface area contributed by atoms with Crippen LogP contribution in [0.4, 0.5) is 0 Å². The fourth-order valence-electron chi connectivity index (χ4n) is 3.63. The third kappa shape index (κ3) is 7.67. The highest BCUT2D eigenvalue weighted by Crippen LogP contribution is 2.33. The lowest BCUT2D eigenvalue weighted by atomic mass is 9.77. The van der Waals surface area contributed by atoms with E-state index in [1.807, 2.05) is 0 Å². The van der Waals surface area contributed by atoms with Gasteiger partial charge in [0.05, 0.1) is 0 Å². The Bertz CT molecular complexity index is 576. The van der Waals surface area contributed by atoms with E-state index in [1.54, 1.807) is 0 Å². The molecular formula is C23H42N4. The van der Waals surface area contributed by atoms with Crippen molar-refractivity contribution in [1.82, 2.24) is 20.4 Å². The highest BCUT2D eigenvalue weighted by molar-refractivity contribution is 5.03. The van der Waals surface area contributed by atoms with E-state index in [2.05, 4.69) is 95.4 Å². The van der Waals surface area contributed by atoms with Crippen molar-refractivity contribution in [2.75, 3.05) is 0 Å². The predicted molar refractivity (Wildman–Crippen MR) is 115 cm³/mol. The zero-order valence-corrected chi connectivity index (χ0v) is 19.3. The first-order chi connectivity index (χ1) is 12.3. The first-order valence-electron chi connectivity index (χ1n) is 10.5. The normalized spacial score (nSPS) is 15.4. The van der Waals surface area contributed by atoms with Crippen molar-refractivity contribution >= 4 is 0 Å². The summed E-state index contributed by atoms with van der Waals surface area (Å²) in [5.74, 6) is 2.67. The molecule has 4 nitrogen and oxygen atoms in total. The summed E-state index contributed by atoms with van der Waals surface area (Å²) in [6.07, 6.45) is 8.17. The summed E-state index contributed by atoms with van der Waals surface area (Å²) in [6.45, 7) is 23.9. The molecule has 0 aromatic carbocycles. The lowest BCUT2D eigenvalue weighted by Crippen LogP contribution is -2.27. The number of unbranched alkanes of at least 4 members (excludes halogenated alkanes) is 1. The molecule has 0 spiro atoms. The van der Waals surface area contributed by atoms with Crippen molar-refractivity contribution in [3.8, 4) is 0 Å². The number of rotatable bonds is 9. The molecule has 0 bridgehead atoms. The molecule has 0 N–H and O–H groups in total. The van der Waals surface area contributed by atoms with Gasteiger partial charge in [0, 0.05) is 10.8 Å². The fourth-order valence-corrected chi connectivity index (χ4v) is 3.63. The third-order valence-electron chi connectivity index (χ3n) is 5.47. The van der Waals surface area contributed by atoms with E-state index in [-0.39, 0.29) is 10.8 Å². The second kappa shape index (κ2) is 9.25. The van der Waals surface area contributed by atoms with Crippen LogP contribution in [-0.4, -0.2) is 20.4 Å². The molecule has 154 valence electrons. The molecule has 4 heteroatoms. The smallest absolute Gasteiger partial charge is 0.131 e. The molecule has 2 unspecified atom stereocenters. The van der Waals surface area contributed by atoms with Crippen molar-refractivity contribution in [1.29, 1.82) is 0 Å². The average Bonchev–Trinajstić information content (AvgIpc) is 2.52. The molecule has 0 amide bonds. The summed E-state index contributed by atoms with van der Waals surface area (Å²) in [7, 11) is 0. The number of aromatic nitrogens is 4. The van der Waals surface area contributed by atoms with Gasteiger partial charge in [-0.1, -0.05) is 87.7 Å². The molecule has 1 aromatic rings. The first kappa shape index (κ1) is 23.7. The topological polar surface area (TPSA) is 51.6 Å². The maximum Gasteiger partial charge on any atom is 0.179 e. The third-order valence-corrected chi connectivity index (χ3v) is 5.47. The Morgan fingerprint density at radius 1 is 0.815 bits per heavy atom. The van der Waals surface area contributed by atoms with Crippen LogP contribution in [0.25, 0.3) is 0 Å². The summed E-state index contributed by atoms with van der Waals surface area (Å²) in [5.41, 5.74) is 0.0864.